The lowest BCUT2D eigenvalue weighted by Gasteiger charge is -2.24. The van der Waals surface area contributed by atoms with Gasteiger partial charge in [0.2, 0.25) is 0 Å². The van der Waals surface area contributed by atoms with Crippen molar-refractivity contribution < 1.29 is 19.7 Å². The Bertz CT molecular complexity index is 798. The summed E-state index contributed by atoms with van der Waals surface area (Å²) in [7, 11) is -0.753. The molecule has 3 aromatic carbocycles. The van der Waals surface area contributed by atoms with Crippen LogP contribution in [-0.2, 0) is 0 Å². The molecule has 0 radical (unpaired) electrons. The maximum absolute atomic E-state index is 8.91. The molecule has 0 aliphatic heterocycles. The van der Waals surface area contributed by atoms with E-state index in [0.29, 0.717) is 0 Å². The van der Waals surface area contributed by atoms with Crippen molar-refractivity contribution in [3.05, 3.63) is 72.8 Å². The van der Waals surface area contributed by atoms with Crippen LogP contribution in [0.25, 0.3) is 0 Å². The van der Waals surface area contributed by atoms with Crippen LogP contribution in [0.4, 0.5) is 0 Å². The molecule has 0 fully saturated rings. The van der Waals surface area contributed by atoms with Crippen molar-refractivity contribution >= 4 is 23.5 Å². The Kier molecular flexibility index (Phi) is 7.68. The molecule has 0 aromatic heterocycles. The first-order valence-electron chi connectivity index (χ1n) is 8.98. The fraction of sp³-hybridized carbons (Fsp3) is 0.182. The van der Waals surface area contributed by atoms with Crippen molar-refractivity contribution in [1.82, 2.24) is 0 Å². The van der Waals surface area contributed by atoms with Gasteiger partial charge >= 0.3 is 0 Å². The predicted molar refractivity (Wildman–Crippen MR) is 116 cm³/mol. The molecule has 0 saturated carbocycles. The first kappa shape index (κ1) is 20.6. The summed E-state index contributed by atoms with van der Waals surface area (Å²) in [6.45, 7) is 0.560. The minimum absolute atomic E-state index is 0.00473. The zero-order valence-electron chi connectivity index (χ0n) is 15.4. The first-order chi connectivity index (χ1) is 13.7. The van der Waals surface area contributed by atoms with Crippen LogP contribution in [-0.4, -0.2) is 36.6 Å². The second kappa shape index (κ2) is 10.4. The highest BCUT2D eigenvalue weighted by atomic mass is 32.2. The van der Waals surface area contributed by atoms with Crippen LogP contribution in [0.5, 0.6) is 11.5 Å². The van der Waals surface area contributed by atoms with E-state index in [1.54, 1.807) is 0 Å². The van der Waals surface area contributed by atoms with Crippen molar-refractivity contribution in [3.63, 3.8) is 0 Å². The third-order valence-electron chi connectivity index (χ3n) is 4.02. The normalized spacial score (nSPS) is 11.2. The van der Waals surface area contributed by atoms with Gasteiger partial charge in [0, 0.05) is 4.90 Å². The largest absolute Gasteiger partial charge is 0.491 e. The number of aliphatic hydroxyl groups excluding tert-OH is 2. The quantitative estimate of drug-likeness (QED) is 0.395. The van der Waals surface area contributed by atoms with E-state index in [4.69, 9.17) is 19.7 Å². The van der Waals surface area contributed by atoms with Gasteiger partial charge in [-0.25, -0.2) is 0 Å². The Labute approximate surface area is 173 Å². The molecule has 0 heterocycles. The molecule has 6 heteroatoms. The Morgan fingerprint density at radius 2 is 0.964 bits per heavy atom. The average molecular weight is 417 g/mol. The van der Waals surface area contributed by atoms with Gasteiger partial charge in [-0.1, -0.05) is 0 Å². The molecule has 0 unspecified atom stereocenters. The third kappa shape index (κ3) is 5.45. The summed E-state index contributed by atoms with van der Waals surface area (Å²) in [4.78, 5) is 4.55. The van der Waals surface area contributed by atoms with Crippen LogP contribution in [0.2, 0.25) is 0 Å². The van der Waals surface area contributed by atoms with Crippen LogP contribution >= 0.6 is 23.5 Å². The van der Waals surface area contributed by atoms with Crippen LogP contribution in [0.15, 0.2) is 92.4 Å². The van der Waals surface area contributed by atoms with E-state index in [1.807, 2.05) is 36.4 Å². The molecule has 2 N–H and O–H groups in total. The number of benzene rings is 3. The lowest BCUT2D eigenvalue weighted by Crippen LogP contribution is -2.01. The molecule has 0 saturated heterocycles. The molecule has 0 aliphatic rings. The zero-order chi connectivity index (χ0) is 19.8. The van der Waals surface area contributed by atoms with Gasteiger partial charge in [0.15, 0.2) is 0 Å². The number of hydrogen-bond acceptors (Lipinski definition) is 5. The standard InChI is InChI=1S/C22H24O4S2/c23-13-15-25-17-1-7-20(8-2-17)28(22-11-5-19(27)6-12-22)21-9-3-18(4-10-21)26-16-14-24/h1-12,23-24,27-28H,13-16H2. The predicted octanol–water partition coefficient (Wildman–Crippen LogP) is 4.20. The maximum Gasteiger partial charge on any atom is 0.119 e. The molecule has 0 atom stereocenters. The summed E-state index contributed by atoms with van der Waals surface area (Å²) in [6.07, 6.45) is 0. The number of rotatable bonds is 9. The molecule has 148 valence electrons. The van der Waals surface area contributed by atoms with Gasteiger partial charge in [-0.15, -0.1) is 12.6 Å². The van der Waals surface area contributed by atoms with Gasteiger partial charge in [-0.2, -0.15) is 10.9 Å². The van der Waals surface area contributed by atoms with Crippen LogP contribution in [0, 0.1) is 0 Å². The Balaban J connectivity index is 1.92. The second-order valence-corrected chi connectivity index (χ2v) is 8.72. The fourth-order valence-electron chi connectivity index (χ4n) is 2.76. The molecule has 3 rings (SSSR count). The average Bonchev–Trinajstić information content (AvgIpc) is 2.74. The number of thiol groups is 2. The third-order valence-corrected chi connectivity index (χ3v) is 6.76. The lowest BCUT2D eigenvalue weighted by molar-refractivity contribution is 0.201. The van der Waals surface area contributed by atoms with Crippen LogP contribution in [0.1, 0.15) is 0 Å². The van der Waals surface area contributed by atoms with E-state index in [1.165, 1.54) is 14.7 Å². The number of hydrogen-bond donors (Lipinski definition) is 4. The smallest absolute Gasteiger partial charge is 0.119 e. The number of aliphatic hydroxyl groups is 2. The van der Waals surface area contributed by atoms with Crippen molar-refractivity contribution in [2.45, 2.75) is 19.6 Å². The highest BCUT2D eigenvalue weighted by molar-refractivity contribution is 8.17. The number of ether oxygens (including phenoxy) is 2. The molecule has 0 spiro atoms. The van der Waals surface area contributed by atoms with E-state index < -0.39 is 10.9 Å². The van der Waals surface area contributed by atoms with E-state index in [2.05, 4.69) is 49.0 Å². The van der Waals surface area contributed by atoms with Gasteiger partial charge < -0.3 is 19.7 Å². The maximum atomic E-state index is 8.91. The lowest BCUT2D eigenvalue weighted by atomic mass is 10.3. The van der Waals surface area contributed by atoms with Gasteiger partial charge in [0.25, 0.3) is 0 Å². The summed E-state index contributed by atoms with van der Waals surface area (Å²) >= 11 is 4.40. The molecule has 28 heavy (non-hydrogen) atoms. The Hall–Kier alpha value is -2.12. The summed E-state index contributed by atoms with van der Waals surface area (Å²) < 4.78 is 11.0. The van der Waals surface area contributed by atoms with Crippen molar-refractivity contribution in [2.24, 2.45) is 0 Å². The van der Waals surface area contributed by atoms with E-state index in [0.717, 1.165) is 16.4 Å². The minimum atomic E-state index is -0.753. The van der Waals surface area contributed by atoms with Crippen LogP contribution < -0.4 is 9.47 Å². The highest BCUT2D eigenvalue weighted by Crippen LogP contribution is 2.51. The molecule has 0 aliphatic carbocycles. The van der Waals surface area contributed by atoms with Gasteiger partial charge in [-0.3, -0.25) is 0 Å². The fourth-order valence-corrected chi connectivity index (χ4v) is 5.14. The molecular weight excluding hydrogens is 392 g/mol. The molecular formula is C22H24O4S2. The van der Waals surface area contributed by atoms with Crippen LogP contribution in [0.3, 0.4) is 0 Å². The zero-order valence-corrected chi connectivity index (χ0v) is 17.2. The van der Waals surface area contributed by atoms with Crippen molar-refractivity contribution in [3.8, 4) is 11.5 Å². The monoisotopic (exact) mass is 416 g/mol. The molecule has 3 aromatic rings. The molecule has 4 nitrogen and oxygen atoms in total. The van der Waals surface area contributed by atoms with Gasteiger partial charge in [0.1, 0.15) is 24.7 Å². The minimum Gasteiger partial charge on any atom is -0.491 e. The highest BCUT2D eigenvalue weighted by Gasteiger charge is 2.13. The molecule has 0 bridgehead atoms. The summed E-state index contributed by atoms with van der Waals surface area (Å²) in [5.41, 5.74) is 0. The molecule has 0 amide bonds. The van der Waals surface area contributed by atoms with Crippen molar-refractivity contribution in [1.29, 1.82) is 0 Å². The Morgan fingerprint density at radius 1 is 0.607 bits per heavy atom. The summed E-state index contributed by atoms with van der Waals surface area (Å²) in [6, 6.07) is 24.3. The Morgan fingerprint density at radius 3 is 1.32 bits per heavy atom. The van der Waals surface area contributed by atoms with E-state index >= 15 is 0 Å². The first-order valence-corrected chi connectivity index (χ1v) is 10.8. The topological polar surface area (TPSA) is 58.9 Å². The summed E-state index contributed by atoms with van der Waals surface area (Å²) in [5.74, 6) is 1.48. The van der Waals surface area contributed by atoms with E-state index in [9.17, 15) is 0 Å². The van der Waals surface area contributed by atoms with Gasteiger partial charge in [0.05, 0.1) is 13.2 Å². The summed E-state index contributed by atoms with van der Waals surface area (Å²) in [5, 5.41) is 17.8. The SMILES string of the molecule is OCCOc1ccc([SH](c2ccc(S)cc2)c2ccc(OCCO)cc2)cc1. The van der Waals surface area contributed by atoms with E-state index in [-0.39, 0.29) is 26.4 Å². The van der Waals surface area contributed by atoms with Crippen molar-refractivity contribution in [2.75, 3.05) is 26.4 Å². The van der Waals surface area contributed by atoms with Gasteiger partial charge in [-0.05, 0) is 87.5 Å². The second-order valence-electron chi connectivity index (χ2n) is 5.98.